The van der Waals surface area contributed by atoms with Gasteiger partial charge in [0.25, 0.3) is 0 Å². The molecule has 0 radical (unpaired) electrons. The molecular formula is C17H20ClN3O. The molecule has 0 saturated carbocycles. The van der Waals surface area contributed by atoms with E-state index < -0.39 is 0 Å². The van der Waals surface area contributed by atoms with Crippen molar-refractivity contribution in [3.63, 3.8) is 0 Å². The minimum atomic E-state index is 0.440. The Morgan fingerprint density at radius 1 is 1.18 bits per heavy atom. The maximum absolute atomic E-state index is 6.21. The Hall–Kier alpha value is -1.36. The Morgan fingerprint density at radius 3 is 3.00 bits per heavy atom. The summed E-state index contributed by atoms with van der Waals surface area (Å²) in [6, 6.07) is 8.48. The zero-order chi connectivity index (χ0) is 15.1. The second-order valence-electron chi connectivity index (χ2n) is 6.39. The molecule has 0 amide bonds. The summed E-state index contributed by atoms with van der Waals surface area (Å²) in [6.07, 6.45) is 1.90. The second kappa shape index (κ2) is 5.69. The van der Waals surface area contributed by atoms with Gasteiger partial charge in [0, 0.05) is 47.8 Å². The number of benzene rings is 1. The first-order valence-electron chi connectivity index (χ1n) is 7.78. The minimum absolute atomic E-state index is 0.440. The summed E-state index contributed by atoms with van der Waals surface area (Å²) in [5, 5.41) is 1.90. The van der Waals surface area contributed by atoms with Crippen molar-refractivity contribution in [2.45, 2.75) is 6.04 Å². The van der Waals surface area contributed by atoms with Crippen LogP contribution in [0.2, 0.25) is 5.02 Å². The van der Waals surface area contributed by atoms with Crippen molar-refractivity contribution in [1.29, 1.82) is 0 Å². The summed E-state index contributed by atoms with van der Waals surface area (Å²) < 4.78 is 5.82. The highest BCUT2D eigenvalue weighted by Gasteiger charge is 2.31. The molecule has 22 heavy (non-hydrogen) atoms. The summed E-state index contributed by atoms with van der Waals surface area (Å²) in [6.45, 7) is 4.77. The maximum atomic E-state index is 6.21. The van der Waals surface area contributed by atoms with Gasteiger partial charge in [-0.15, -0.1) is 0 Å². The molecule has 2 aliphatic heterocycles. The van der Waals surface area contributed by atoms with Crippen molar-refractivity contribution in [3.05, 3.63) is 35.5 Å². The van der Waals surface area contributed by atoms with E-state index in [0.29, 0.717) is 12.0 Å². The molecule has 0 unspecified atom stereocenters. The topological polar surface area (TPSA) is 28.6 Å². The largest absolute Gasteiger partial charge is 0.379 e. The van der Waals surface area contributed by atoms with Crippen LogP contribution in [0, 0.1) is 5.92 Å². The summed E-state index contributed by atoms with van der Waals surface area (Å²) in [5.41, 5.74) is 2.24. The molecule has 2 bridgehead atoms. The summed E-state index contributed by atoms with van der Waals surface area (Å²) in [5.74, 6) is 0.542. The molecule has 0 aliphatic carbocycles. The smallest absolute Gasteiger partial charge is 0.0723 e. The Morgan fingerprint density at radius 2 is 2.09 bits per heavy atom. The fraction of sp³-hybridized carbons (Fsp3) is 0.471. The molecule has 0 N–H and O–H groups in total. The second-order valence-corrected chi connectivity index (χ2v) is 6.83. The highest BCUT2D eigenvalue weighted by atomic mass is 35.5. The van der Waals surface area contributed by atoms with E-state index in [4.69, 9.17) is 16.3 Å². The molecule has 2 atom stereocenters. The van der Waals surface area contributed by atoms with Crippen LogP contribution in [0.15, 0.2) is 30.5 Å². The van der Waals surface area contributed by atoms with Crippen molar-refractivity contribution in [3.8, 4) is 0 Å². The van der Waals surface area contributed by atoms with Gasteiger partial charge in [0.05, 0.1) is 24.8 Å². The van der Waals surface area contributed by atoms with Crippen LogP contribution >= 0.6 is 11.6 Å². The Bertz CT molecular complexity index is 693. The van der Waals surface area contributed by atoms with Gasteiger partial charge in [-0.2, -0.15) is 0 Å². The number of fused-ring (bicyclic) bond motifs is 4. The number of ether oxygens (including phenoxy) is 1. The normalized spacial score (nSPS) is 26.2. The monoisotopic (exact) mass is 317 g/mol. The third-order valence-corrected chi connectivity index (χ3v) is 5.00. The first-order chi connectivity index (χ1) is 10.7. The van der Waals surface area contributed by atoms with Crippen LogP contribution in [0.25, 0.3) is 10.9 Å². The van der Waals surface area contributed by atoms with Crippen LogP contribution in [-0.4, -0.2) is 55.8 Å². The average Bonchev–Trinajstić information content (AvgIpc) is 2.75. The number of likely N-dealkylation sites (N-methyl/N-ethyl adjacent to an activating group) is 1. The van der Waals surface area contributed by atoms with Gasteiger partial charge in [-0.3, -0.25) is 9.88 Å². The standard InChI is InChI=1S/C17H20ClN3O/c1-20-7-12-8-21(9-14(20)11-22-10-12)17-4-5-19-16-3-2-13(18)6-15(16)17/h2-6,12,14H,7-11H2,1H3/t12-,14+/m1/s1. The molecule has 2 saturated heterocycles. The van der Waals surface area contributed by atoms with Crippen molar-refractivity contribution in [2.75, 3.05) is 44.8 Å². The van der Waals surface area contributed by atoms with Gasteiger partial charge in [0.1, 0.15) is 0 Å². The summed E-state index contributed by atoms with van der Waals surface area (Å²) in [7, 11) is 2.21. The van der Waals surface area contributed by atoms with Crippen LogP contribution in [0.1, 0.15) is 0 Å². The third kappa shape index (κ3) is 2.56. The van der Waals surface area contributed by atoms with Crippen LogP contribution in [0.5, 0.6) is 0 Å². The van der Waals surface area contributed by atoms with Crippen LogP contribution in [-0.2, 0) is 4.74 Å². The fourth-order valence-corrected chi connectivity index (χ4v) is 3.80. The molecule has 1 aromatic carbocycles. The van der Waals surface area contributed by atoms with E-state index in [9.17, 15) is 0 Å². The van der Waals surface area contributed by atoms with E-state index in [-0.39, 0.29) is 0 Å². The summed E-state index contributed by atoms with van der Waals surface area (Å²) in [4.78, 5) is 9.39. The molecule has 5 heteroatoms. The number of anilines is 1. The van der Waals surface area contributed by atoms with Crippen molar-refractivity contribution >= 4 is 28.2 Å². The van der Waals surface area contributed by atoms with E-state index >= 15 is 0 Å². The van der Waals surface area contributed by atoms with Crippen LogP contribution < -0.4 is 4.90 Å². The van der Waals surface area contributed by atoms with Crippen LogP contribution in [0.4, 0.5) is 5.69 Å². The Labute approximate surface area is 135 Å². The number of halogens is 1. The first kappa shape index (κ1) is 14.2. The highest BCUT2D eigenvalue weighted by molar-refractivity contribution is 6.31. The quantitative estimate of drug-likeness (QED) is 0.808. The number of rotatable bonds is 1. The molecular weight excluding hydrogens is 298 g/mol. The lowest BCUT2D eigenvalue weighted by Gasteiger charge is -2.32. The van der Waals surface area contributed by atoms with Gasteiger partial charge in [0.2, 0.25) is 0 Å². The molecule has 0 spiro atoms. The van der Waals surface area contributed by atoms with E-state index in [0.717, 1.165) is 48.8 Å². The van der Waals surface area contributed by atoms with Gasteiger partial charge < -0.3 is 9.64 Å². The number of hydrogen-bond donors (Lipinski definition) is 0. The van der Waals surface area contributed by atoms with E-state index in [1.54, 1.807) is 0 Å². The van der Waals surface area contributed by atoms with Gasteiger partial charge in [-0.05, 0) is 31.3 Å². The number of nitrogens with zero attached hydrogens (tertiary/aromatic N) is 3. The molecule has 4 nitrogen and oxygen atoms in total. The average molecular weight is 318 g/mol. The molecule has 3 heterocycles. The van der Waals surface area contributed by atoms with E-state index in [1.165, 1.54) is 5.69 Å². The zero-order valence-corrected chi connectivity index (χ0v) is 13.5. The number of pyridine rings is 1. The molecule has 2 fully saturated rings. The molecule has 4 rings (SSSR count). The molecule has 2 aromatic rings. The molecule has 1 aromatic heterocycles. The molecule has 2 aliphatic rings. The van der Waals surface area contributed by atoms with E-state index in [2.05, 4.69) is 27.9 Å². The minimum Gasteiger partial charge on any atom is -0.379 e. The Balaban J connectivity index is 1.77. The van der Waals surface area contributed by atoms with E-state index in [1.807, 2.05) is 24.4 Å². The van der Waals surface area contributed by atoms with Crippen molar-refractivity contribution < 1.29 is 4.74 Å². The highest BCUT2D eigenvalue weighted by Crippen LogP contribution is 2.31. The van der Waals surface area contributed by atoms with Crippen molar-refractivity contribution in [2.24, 2.45) is 5.92 Å². The lowest BCUT2D eigenvalue weighted by Crippen LogP contribution is -2.42. The zero-order valence-electron chi connectivity index (χ0n) is 12.7. The Kier molecular flexibility index (Phi) is 3.68. The lowest BCUT2D eigenvalue weighted by molar-refractivity contribution is 0.0931. The van der Waals surface area contributed by atoms with Gasteiger partial charge >= 0.3 is 0 Å². The SMILES string of the molecule is CN1C[C@H]2COC[C@@H]1CN(c1ccnc3ccc(Cl)cc13)C2. The third-order valence-electron chi connectivity index (χ3n) is 4.76. The predicted octanol–water partition coefficient (Wildman–Crippen LogP) is 2.66. The van der Waals surface area contributed by atoms with Gasteiger partial charge in [-0.1, -0.05) is 11.6 Å². The fourth-order valence-electron chi connectivity index (χ4n) is 3.63. The maximum Gasteiger partial charge on any atom is 0.0723 e. The van der Waals surface area contributed by atoms with Gasteiger partial charge in [0.15, 0.2) is 0 Å². The lowest BCUT2D eigenvalue weighted by atomic mass is 10.1. The van der Waals surface area contributed by atoms with Gasteiger partial charge in [-0.25, -0.2) is 0 Å². The number of hydrogen-bond acceptors (Lipinski definition) is 4. The van der Waals surface area contributed by atoms with Crippen LogP contribution in [0.3, 0.4) is 0 Å². The first-order valence-corrected chi connectivity index (χ1v) is 8.16. The number of aromatic nitrogens is 1. The summed E-state index contributed by atoms with van der Waals surface area (Å²) >= 11 is 6.21. The molecule has 116 valence electrons. The van der Waals surface area contributed by atoms with Crippen molar-refractivity contribution in [1.82, 2.24) is 9.88 Å². The predicted molar refractivity (Wildman–Crippen MR) is 89.7 cm³/mol.